The second-order valence-corrected chi connectivity index (χ2v) is 15.2. The zero-order valence-electron chi connectivity index (χ0n) is 36.7. The van der Waals surface area contributed by atoms with Crippen molar-refractivity contribution in [3.05, 3.63) is 84.7 Å². The molecule has 0 atom stereocenters. The number of nitrogens with zero attached hydrogens (tertiary/aromatic N) is 2. The van der Waals surface area contributed by atoms with E-state index in [0.29, 0.717) is 19.4 Å². The van der Waals surface area contributed by atoms with Crippen molar-refractivity contribution < 1.29 is 44.8 Å². The van der Waals surface area contributed by atoms with Crippen LogP contribution in [0.4, 0.5) is 10.5 Å². The van der Waals surface area contributed by atoms with Crippen molar-refractivity contribution >= 4 is 31.8 Å². The lowest BCUT2D eigenvalue weighted by Gasteiger charge is -2.26. The summed E-state index contributed by atoms with van der Waals surface area (Å²) in [6, 6.07) is -6.22. The normalized spacial score (nSPS) is 15.0. The predicted molar refractivity (Wildman–Crippen MR) is 182 cm³/mol. The first kappa shape index (κ1) is 24.6. The van der Waals surface area contributed by atoms with Crippen molar-refractivity contribution in [2.45, 2.75) is 94.0 Å². The summed E-state index contributed by atoms with van der Waals surface area (Å²) < 4.78 is 150. The minimum absolute atomic E-state index is 0.000551. The molecule has 0 bridgehead atoms. The Kier molecular flexibility index (Phi) is 9.29. The molecule has 3 rings (SSSR count). The maximum atomic E-state index is 14.4. The fourth-order valence-electron chi connectivity index (χ4n) is 4.32. The van der Waals surface area contributed by atoms with Gasteiger partial charge in [-0.05, 0) is 69.9 Å². The highest BCUT2D eigenvalue weighted by Gasteiger charge is 2.38. The molecule has 0 saturated carbocycles. The number of rotatable bonds is 18. The number of ether oxygens (including phenoxy) is 2. The van der Waals surface area contributed by atoms with Crippen molar-refractivity contribution in [1.82, 2.24) is 4.90 Å². The number of anilines is 1. The maximum Gasteiger partial charge on any atom is 0.410 e. The summed E-state index contributed by atoms with van der Waals surface area (Å²) >= 11 is 0. The molecule has 3 aromatic rings. The van der Waals surface area contributed by atoms with Gasteiger partial charge in [0.15, 0.2) is 0 Å². The lowest BCUT2D eigenvalue weighted by atomic mass is 10.1. The fourth-order valence-corrected chi connectivity index (χ4v) is 7.67. The molecule has 0 aliphatic carbocycles. The summed E-state index contributed by atoms with van der Waals surface area (Å²) in [6.07, 6.45) is 7.49. The van der Waals surface area contributed by atoms with Gasteiger partial charge in [0, 0.05) is 13.6 Å². The van der Waals surface area contributed by atoms with Crippen LogP contribution in [0.2, 0.25) is 0 Å². The van der Waals surface area contributed by atoms with Crippen LogP contribution in [0.1, 0.15) is 92.3 Å². The zero-order chi connectivity index (χ0) is 42.3. The molecule has 0 saturated heterocycles. The third-order valence-electron chi connectivity index (χ3n) is 6.57. The van der Waals surface area contributed by atoms with Crippen molar-refractivity contribution in [1.29, 1.82) is 0 Å². The van der Waals surface area contributed by atoms with Crippen molar-refractivity contribution in [2.75, 3.05) is 23.9 Å². The van der Waals surface area contributed by atoms with Gasteiger partial charge in [0.2, 0.25) is 0 Å². The maximum absolute atomic E-state index is 14.4. The Hall–Kier alpha value is -3.57. The number of benzene rings is 3. The van der Waals surface area contributed by atoms with Gasteiger partial charge in [-0.15, -0.1) is 0 Å². The summed E-state index contributed by atoms with van der Waals surface area (Å²) in [5, 5.41) is 0. The van der Waals surface area contributed by atoms with E-state index in [1.807, 2.05) is 20.8 Å². The smallest absolute Gasteiger partial charge is 0.410 e. The van der Waals surface area contributed by atoms with E-state index in [0.717, 1.165) is 51.0 Å². The van der Waals surface area contributed by atoms with Crippen molar-refractivity contribution in [3.63, 3.8) is 0 Å². The van der Waals surface area contributed by atoms with Gasteiger partial charge >= 0.3 is 6.09 Å². The topological polar surface area (TPSA) is 110 Å². The number of para-hydroxylation sites is 2. The summed E-state index contributed by atoms with van der Waals surface area (Å²) in [6.45, 7) is 6.07. The number of carbonyl (C=O) groups excluding carboxylic acids is 1. The lowest BCUT2D eigenvalue weighted by molar-refractivity contribution is 0.0296. The minimum atomic E-state index is -5.74. The van der Waals surface area contributed by atoms with Gasteiger partial charge in [-0.2, -0.15) is 3.71 Å². The quantitative estimate of drug-likeness (QED) is 0.125. The van der Waals surface area contributed by atoms with Gasteiger partial charge in [0.05, 0.1) is 30.1 Å². The molecule has 0 radical (unpaired) electrons. The number of amides is 1. The standard InChI is InChI=1S/C35H48N2O7S2/c1-35(2,3)44-34(38)36(4)28-20-10-8-6-5-7-9-11-21-29-43-33-27-19-18-26-32(33)37(45(39,40)30-22-14-12-15-23-30)46(41,42)31-24-16-13-17-25-31/h12-19,22-27H,5-11,20-21,28-29H2,1-4H3/i12D,13D,14D,15D,16D,17D,22D,23D,24D,25D. The van der Waals surface area contributed by atoms with E-state index >= 15 is 0 Å². The van der Waals surface area contributed by atoms with Gasteiger partial charge in [-0.25, -0.2) is 21.6 Å². The Morgan fingerprint density at radius 1 is 0.717 bits per heavy atom. The molecule has 252 valence electrons. The van der Waals surface area contributed by atoms with Gasteiger partial charge in [-0.1, -0.05) is 93.3 Å². The van der Waals surface area contributed by atoms with E-state index in [1.54, 1.807) is 11.9 Å². The number of hydrogen-bond donors (Lipinski definition) is 0. The van der Waals surface area contributed by atoms with E-state index in [9.17, 15) is 21.6 Å². The van der Waals surface area contributed by atoms with Crippen LogP contribution in [0.3, 0.4) is 0 Å². The molecule has 9 nitrogen and oxygen atoms in total. The molecule has 0 fully saturated rings. The van der Waals surface area contributed by atoms with Crippen molar-refractivity contribution in [2.24, 2.45) is 0 Å². The zero-order valence-corrected chi connectivity index (χ0v) is 28.3. The van der Waals surface area contributed by atoms with Crippen LogP contribution < -0.4 is 8.45 Å². The van der Waals surface area contributed by atoms with Gasteiger partial charge in [0.25, 0.3) is 20.0 Å². The third kappa shape index (κ3) is 11.0. The summed E-state index contributed by atoms with van der Waals surface area (Å²) in [5.74, 6) is -0.309. The molecule has 0 aromatic heterocycles. The molecule has 0 spiro atoms. The molecule has 0 heterocycles. The van der Waals surface area contributed by atoms with Crippen LogP contribution in [0.25, 0.3) is 0 Å². The fraction of sp³-hybridized carbons (Fsp3) is 0.457. The van der Waals surface area contributed by atoms with Gasteiger partial charge in [-0.3, -0.25) is 0 Å². The van der Waals surface area contributed by atoms with E-state index in [4.69, 9.17) is 23.2 Å². The highest BCUT2D eigenvalue weighted by molar-refractivity contribution is 8.10. The number of unbranched alkanes of at least 4 members (excludes halogenated alkanes) is 8. The highest BCUT2D eigenvalue weighted by Crippen LogP contribution is 2.37. The van der Waals surface area contributed by atoms with Crippen LogP contribution in [-0.4, -0.2) is 53.6 Å². The van der Waals surface area contributed by atoms with Crippen LogP contribution >= 0.6 is 0 Å². The number of hydrogen-bond acceptors (Lipinski definition) is 7. The van der Waals surface area contributed by atoms with Crippen molar-refractivity contribution in [3.8, 4) is 5.75 Å². The molecule has 11 heteroatoms. The van der Waals surface area contributed by atoms with Crippen LogP contribution in [0.5, 0.6) is 5.75 Å². The molecule has 1 amide bonds. The first-order chi connectivity index (χ1) is 26.0. The molecular formula is C35H48N2O7S2. The summed E-state index contributed by atoms with van der Waals surface area (Å²) in [7, 11) is -9.76. The summed E-state index contributed by atoms with van der Waals surface area (Å²) in [5.41, 5.74) is -1.25. The molecule has 46 heavy (non-hydrogen) atoms. The second-order valence-electron chi connectivity index (χ2n) is 11.5. The van der Waals surface area contributed by atoms with E-state index in [1.165, 1.54) is 18.2 Å². The first-order valence-electron chi connectivity index (χ1n) is 20.1. The molecular weight excluding hydrogens is 625 g/mol. The number of sulfonamides is 2. The van der Waals surface area contributed by atoms with E-state index in [-0.39, 0.29) is 22.2 Å². The minimum Gasteiger partial charge on any atom is -0.491 e. The SMILES string of the molecule is [2H]c1c([2H])c([2H])c(S(=O)(=O)N(c2ccccc2OCCCCCCCCCCCN(C)C(=O)OC(C)(C)C)S(=O)(=O)c2c([2H])c([2H])c([2H])c([2H])c2[2H])c([2H])c1[2H]. The van der Waals surface area contributed by atoms with Crippen LogP contribution in [0.15, 0.2) is 94.5 Å². The van der Waals surface area contributed by atoms with Crippen LogP contribution in [-0.2, 0) is 24.8 Å². The van der Waals surface area contributed by atoms with Gasteiger partial charge in [0.1, 0.15) is 17.0 Å². The van der Waals surface area contributed by atoms with E-state index < -0.39 is 102 Å². The Bertz CT molecular complexity index is 1980. The monoisotopic (exact) mass is 682 g/mol. The average Bonchev–Trinajstić information content (AvgIpc) is 3.11. The second kappa shape index (κ2) is 17.4. The average molecular weight is 683 g/mol. The van der Waals surface area contributed by atoms with Gasteiger partial charge < -0.3 is 14.4 Å². The molecule has 0 unspecified atom stereocenters. The summed E-state index contributed by atoms with van der Waals surface area (Å²) in [4.78, 5) is 10.8. The first-order valence-corrected chi connectivity index (χ1v) is 18.0. The molecule has 0 N–H and O–H groups in total. The predicted octanol–water partition coefficient (Wildman–Crippen LogP) is 8.03. The Morgan fingerprint density at radius 2 is 1.17 bits per heavy atom. The largest absolute Gasteiger partial charge is 0.491 e. The molecule has 0 aliphatic rings. The Morgan fingerprint density at radius 3 is 1.67 bits per heavy atom. The highest BCUT2D eigenvalue weighted by atomic mass is 32.3. The Balaban J connectivity index is 1.79. The Labute approximate surface area is 289 Å². The van der Waals surface area contributed by atoms with Crippen LogP contribution in [0, 0.1) is 0 Å². The third-order valence-corrected chi connectivity index (χ3v) is 10.5. The lowest BCUT2D eigenvalue weighted by Crippen LogP contribution is -2.37. The number of carbonyl (C=O) groups is 1. The van der Waals surface area contributed by atoms with E-state index in [2.05, 4.69) is 0 Å². The molecule has 3 aromatic carbocycles. The molecule has 0 aliphatic heterocycles.